The Labute approximate surface area is 143 Å². The van der Waals surface area contributed by atoms with Crippen LogP contribution in [-0.4, -0.2) is 18.4 Å². The molecule has 0 fully saturated rings. The zero-order valence-corrected chi connectivity index (χ0v) is 13.7. The minimum atomic E-state index is -0.883. The second kappa shape index (κ2) is 7.85. The minimum Gasteiger partial charge on any atom is -0.492 e. The number of carbonyl (C=O) groups is 2. The van der Waals surface area contributed by atoms with Gasteiger partial charge in [-0.2, -0.15) is 0 Å². The monoisotopic (exact) mass is 352 g/mol. The topological polar surface area (TPSA) is 67.4 Å². The highest BCUT2D eigenvalue weighted by Gasteiger charge is 2.18. The Kier molecular flexibility index (Phi) is 5.84. The predicted octanol–water partition coefficient (Wildman–Crippen LogP) is 3.97. The van der Waals surface area contributed by atoms with Gasteiger partial charge in [0, 0.05) is 0 Å². The first-order chi connectivity index (χ1) is 11.0. The van der Waals surface area contributed by atoms with Crippen molar-refractivity contribution >= 4 is 46.4 Å². The first kappa shape index (κ1) is 17.1. The Balaban J connectivity index is 2.11. The molecule has 2 aromatic rings. The standard InChI is InChI=1S/C16H14Cl2N2O3/c1-2-23-13-9-4-3-8-12(13)19-15(21)16(22)20-14-10(17)6-5-7-11(14)18/h3-9H,2H2,1H3,(H,19,21)(H,20,22). The predicted molar refractivity (Wildman–Crippen MR) is 91.3 cm³/mol. The highest BCUT2D eigenvalue weighted by atomic mass is 35.5. The van der Waals surface area contributed by atoms with Gasteiger partial charge in [-0.1, -0.05) is 41.4 Å². The van der Waals surface area contributed by atoms with E-state index in [1.165, 1.54) is 0 Å². The summed E-state index contributed by atoms with van der Waals surface area (Å²) in [5.41, 5.74) is 0.592. The van der Waals surface area contributed by atoms with Crippen LogP contribution in [0, 0.1) is 0 Å². The van der Waals surface area contributed by atoms with Gasteiger partial charge in [0.25, 0.3) is 0 Å². The molecule has 0 aromatic heterocycles. The molecule has 0 saturated carbocycles. The SMILES string of the molecule is CCOc1ccccc1NC(=O)C(=O)Nc1c(Cl)cccc1Cl. The van der Waals surface area contributed by atoms with Crippen molar-refractivity contribution in [2.75, 3.05) is 17.2 Å². The number of ether oxygens (including phenoxy) is 1. The van der Waals surface area contributed by atoms with E-state index in [-0.39, 0.29) is 15.7 Å². The molecule has 0 unspecified atom stereocenters. The summed E-state index contributed by atoms with van der Waals surface area (Å²) in [5.74, 6) is -1.26. The third-order valence-electron chi connectivity index (χ3n) is 2.84. The molecule has 2 rings (SSSR count). The molecule has 0 atom stereocenters. The molecule has 0 aliphatic heterocycles. The lowest BCUT2D eigenvalue weighted by Gasteiger charge is -2.12. The molecule has 120 valence electrons. The number of para-hydroxylation sites is 3. The highest BCUT2D eigenvalue weighted by Crippen LogP contribution is 2.30. The van der Waals surface area contributed by atoms with Crippen molar-refractivity contribution < 1.29 is 14.3 Å². The summed E-state index contributed by atoms with van der Waals surface area (Å²) in [6.45, 7) is 2.26. The fourth-order valence-electron chi connectivity index (χ4n) is 1.82. The quantitative estimate of drug-likeness (QED) is 0.818. The van der Waals surface area contributed by atoms with Crippen molar-refractivity contribution in [3.63, 3.8) is 0 Å². The maximum Gasteiger partial charge on any atom is 0.314 e. The summed E-state index contributed by atoms with van der Waals surface area (Å²) in [7, 11) is 0. The summed E-state index contributed by atoms with van der Waals surface area (Å²) in [6, 6.07) is 11.6. The van der Waals surface area contributed by atoms with Crippen LogP contribution in [0.25, 0.3) is 0 Å². The van der Waals surface area contributed by atoms with Gasteiger partial charge in [-0.05, 0) is 31.2 Å². The Morgan fingerprint density at radius 1 is 0.957 bits per heavy atom. The maximum absolute atomic E-state index is 12.0. The van der Waals surface area contributed by atoms with Gasteiger partial charge < -0.3 is 15.4 Å². The lowest BCUT2D eigenvalue weighted by Crippen LogP contribution is -2.29. The zero-order chi connectivity index (χ0) is 16.8. The summed E-state index contributed by atoms with van der Waals surface area (Å²) < 4.78 is 5.39. The van der Waals surface area contributed by atoms with Crippen molar-refractivity contribution in [3.05, 3.63) is 52.5 Å². The van der Waals surface area contributed by atoms with E-state index in [1.54, 1.807) is 42.5 Å². The van der Waals surface area contributed by atoms with Gasteiger partial charge in [-0.25, -0.2) is 0 Å². The molecule has 23 heavy (non-hydrogen) atoms. The van der Waals surface area contributed by atoms with Crippen LogP contribution in [0.5, 0.6) is 5.75 Å². The van der Waals surface area contributed by atoms with Crippen molar-refractivity contribution in [1.29, 1.82) is 0 Å². The number of hydrogen-bond acceptors (Lipinski definition) is 3. The molecule has 7 heteroatoms. The molecule has 0 bridgehead atoms. The van der Waals surface area contributed by atoms with Gasteiger partial charge in [-0.3, -0.25) is 9.59 Å². The molecule has 0 aliphatic carbocycles. The Morgan fingerprint density at radius 2 is 1.57 bits per heavy atom. The Morgan fingerprint density at radius 3 is 2.22 bits per heavy atom. The molecule has 0 saturated heterocycles. The van der Waals surface area contributed by atoms with E-state index in [9.17, 15) is 9.59 Å². The number of hydrogen-bond donors (Lipinski definition) is 2. The van der Waals surface area contributed by atoms with E-state index in [2.05, 4.69) is 10.6 Å². The molecule has 0 spiro atoms. The first-order valence-electron chi connectivity index (χ1n) is 6.81. The van der Waals surface area contributed by atoms with Gasteiger partial charge in [0.2, 0.25) is 0 Å². The van der Waals surface area contributed by atoms with E-state index in [4.69, 9.17) is 27.9 Å². The molecule has 2 N–H and O–H groups in total. The van der Waals surface area contributed by atoms with Crippen LogP contribution in [0.4, 0.5) is 11.4 Å². The van der Waals surface area contributed by atoms with Crippen LogP contribution >= 0.6 is 23.2 Å². The van der Waals surface area contributed by atoms with Crippen LogP contribution in [0.3, 0.4) is 0 Å². The van der Waals surface area contributed by atoms with Crippen molar-refractivity contribution in [1.82, 2.24) is 0 Å². The lowest BCUT2D eigenvalue weighted by molar-refractivity contribution is -0.133. The van der Waals surface area contributed by atoms with Crippen LogP contribution in [0.2, 0.25) is 10.0 Å². The van der Waals surface area contributed by atoms with E-state index in [0.717, 1.165) is 0 Å². The summed E-state index contributed by atoms with van der Waals surface area (Å²) >= 11 is 11.9. The summed E-state index contributed by atoms with van der Waals surface area (Å²) in [4.78, 5) is 24.0. The number of halogens is 2. The van der Waals surface area contributed by atoms with Gasteiger partial charge in [-0.15, -0.1) is 0 Å². The van der Waals surface area contributed by atoms with E-state index < -0.39 is 11.8 Å². The number of nitrogens with one attached hydrogen (secondary N) is 2. The summed E-state index contributed by atoms with van der Waals surface area (Å²) in [6.07, 6.45) is 0. The second-order valence-electron chi connectivity index (χ2n) is 4.43. The van der Waals surface area contributed by atoms with Gasteiger partial charge in [0.15, 0.2) is 0 Å². The largest absolute Gasteiger partial charge is 0.492 e. The fourth-order valence-corrected chi connectivity index (χ4v) is 2.31. The molecular formula is C16H14Cl2N2O3. The van der Waals surface area contributed by atoms with Crippen molar-refractivity contribution in [3.8, 4) is 5.75 Å². The third kappa shape index (κ3) is 4.37. The molecule has 0 radical (unpaired) electrons. The normalized spacial score (nSPS) is 10.0. The van der Waals surface area contributed by atoms with E-state index in [0.29, 0.717) is 18.0 Å². The number of amides is 2. The van der Waals surface area contributed by atoms with E-state index >= 15 is 0 Å². The second-order valence-corrected chi connectivity index (χ2v) is 5.25. The van der Waals surface area contributed by atoms with Gasteiger partial charge >= 0.3 is 11.8 Å². The molecule has 2 aromatic carbocycles. The number of carbonyl (C=O) groups excluding carboxylic acids is 2. The van der Waals surface area contributed by atoms with Crippen molar-refractivity contribution in [2.45, 2.75) is 6.92 Å². The number of benzene rings is 2. The average molecular weight is 353 g/mol. The Hall–Kier alpha value is -2.24. The fraction of sp³-hybridized carbons (Fsp3) is 0.125. The lowest BCUT2D eigenvalue weighted by atomic mass is 10.3. The number of rotatable bonds is 4. The third-order valence-corrected chi connectivity index (χ3v) is 3.47. The van der Waals surface area contributed by atoms with Gasteiger partial charge in [0.1, 0.15) is 5.75 Å². The minimum absolute atomic E-state index is 0.189. The Bertz CT molecular complexity index is 715. The maximum atomic E-state index is 12.0. The van der Waals surface area contributed by atoms with E-state index in [1.807, 2.05) is 6.92 Å². The average Bonchev–Trinajstić information content (AvgIpc) is 2.53. The molecule has 0 aliphatic rings. The van der Waals surface area contributed by atoms with Crippen molar-refractivity contribution in [2.24, 2.45) is 0 Å². The van der Waals surface area contributed by atoms with Gasteiger partial charge in [0.05, 0.1) is 28.0 Å². The van der Waals surface area contributed by atoms with Crippen LogP contribution in [0.15, 0.2) is 42.5 Å². The molecule has 0 heterocycles. The summed E-state index contributed by atoms with van der Waals surface area (Å²) in [5, 5.41) is 5.37. The zero-order valence-electron chi connectivity index (χ0n) is 12.2. The molecule has 2 amide bonds. The first-order valence-corrected chi connectivity index (χ1v) is 7.56. The van der Waals surface area contributed by atoms with Crippen LogP contribution in [0.1, 0.15) is 6.92 Å². The smallest absolute Gasteiger partial charge is 0.314 e. The van der Waals surface area contributed by atoms with Crippen LogP contribution in [-0.2, 0) is 9.59 Å². The van der Waals surface area contributed by atoms with Crippen LogP contribution < -0.4 is 15.4 Å². The number of anilines is 2. The highest BCUT2D eigenvalue weighted by molar-refractivity contribution is 6.46. The molecular weight excluding hydrogens is 339 g/mol. The molecule has 5 nitrogen and oxygen atoms in total.